The molecular formula is C33H31ClN2O4. The predicted octanol–water partition coefficient (Wildman–Crippen LogP) is 5.93. The Bertz CT molecular complexity index is 1520. The molecule has 40 heavy (non-hydrogen) atoms. The number of amides is 1. The minimum Gasteiger partial charge on any atom is -0.489 e. The van der Waals surface area contributed by atoms with Gasteiger partial charge in [0.2, 0.25) is 5.91 Å². The van der Waals surface area contributed by atoms with Crippen molar-refractivity contribution in [3.8, 4) is 16.9 Å². The average Bonchev–Trinajstić information content (AvgIpc) is 3.32. The van der Waals surface area contributed by atoms with Crippen LogP contribution in [0.15, 0.2) is 91.0 Å². The fourth-order valence-electron chi connectivity index (χ4n) is 5.10. The molecule has 0 spiro atoms. The summed E-state index contributed by atoms with van der Waals surface area (Å²) in [5.74, 6) is 0.0300. The van der Waals surface area contributed by atoms with Gasteiger partial charge in [-0.1, -0.05) is 66.2 Å². The molecule has 0 saturated heterocycles. The van der Waals surface area contributed by atoms with Crippen LogP contribution in [0.1, 0.15) is 29.2 Å². The summed E-state index contributed by atoms with van der Waals surface area (Å²) in [6.45, 7) is 2.40. The van der Waals surface area contributed by atoms with E-state index in [4.69, 9.17) is 26.8 Å². The van der Waals surface area contributed by atoms with E-state index in [1.54, 1.807) is 6.92 Å². The molecule has 1 unspecified atom stereocenters. The summed E-state index contributed by atoms with van der Waals surface area (Å²) in [6.07, 6.45) is 0.874. The molecule has 1 aliphatic rings. The first-order valence-electron chi connectivity index (χ1n) is 13.3. The molecule has 204 valence electrons. The molecule has 4 aromatic carbocycles. The quantitative estimate of drug-likeness (QED) is 0.198. The van der Waals surface area contributed by atoms with Crippen molar-refractivity contribution in [2.75, 3.05) is 12.3 Å². The minimum absolute atomic E-state index is 0.128. The number of carbonyl (C=O) groups excluding carboxylic acids is 2. The van der Waals surface area contributed by atoms with E-state index in [2.05, 4.69) is 11.4 Å². The number of nitrogen functional groups attached to an aromatic ring is 1. The van der Waals surface area contributed by atoms with E-state index < -0.39 is 11.5 Å². The van der Waals surface area contributed by atoms with Crippen molar-refractivity contribution in [3.63, 3.8) is 0 Å². The minimum atomic E-state index is -1.14. The Morgan fingerprint density at radius 3 is 2.33 bits per heavy atom. The van der Waals surface area contributed by atoms with E-state index in [1.807, 2.05) is 84.9 Å². The van der Waals surface area contributed by atoms with Gasteiger partial charge in [0.05, 0.1) is 13.0 Å². The second-order valence-corrected chi connectivity index (χ2v) is 10.5. The molecule has 1 aliphatic carbocycles. The summed E-state index contributed by atoms with van der Waals surface area (Å²) in [6, 6.07) is 28.7. The van der Waals surface area contributed by atoms with E-state index in [0.717, 1.165) is 33.4 Å². The number of hydrogen-bond donors (Lipinski definition) is 2. The van der Waals surface area contributed by atoms with Crippen LogP contribution in [0, 0.1) is 0 Å². The van der Waals surface area contributed by atoms with Gasteiger partial charge >= 0.3 is 5.97 Å². The van der Waals surface area contributed by atoms with Crippen LogP contribution < -0.4 is 15.8 Å². The molecule has 0 saturated carbocycles. The second-order valence-electron chi connectivity index (χ2n) is 10.0. The van der Waals surface area contributed by atoms with Crippen molar-refractivity contribution in [2.45, 2.75) is 38.3 Å². The monoisotopic (exact) mass is 554 g/mol. The summed E-state index contributed by atoms with van der Waals surface area (Å²) >= 11 is 6.05. The molecule has 0 radical (unpaired) electrons. The molecule has 1 amide bonds. The Balaban J connectivity index is 1.26. The molecule has 5 rings (SSSR count). The van der Waals surface area contributed by atoms with Gasteiger partial charge in [-0.25, -0.2) is 4.79 Å². The number of rotatable bonds is 9. The van der Waals surface area contributed by atoms with Gasteiger partial charge < -0.3 is 20.5 Å². The van der Waals surface area contributed by atoms with Crippen LogP contribution in [0.4, 0.5) is 5.69 Å². The maximum atomic E-state index is 13.2. The summed E-state index contributed by atoms with van der Waals surface area (Å²) in [5.41, 5.74) is 11.3. The van der Waals surface area contributed by atoms with Gasteiger partial charge in [-0.3, -0.25) is 4.79 Å². The molecule has 7 heteroatoms. The Labute approximate surface area is 239 Å². The fourth-order valence-corrected chi connectivity index (χ4v) is 5.23. The maximum Gasteiger partial charge on any atom is 0.332 e. The first kappa shape index (κ1) is 27.3. The highest BCUT2D eigenvalue weighted by Crippen LogP contribution is 2.35. The zero-order valence-electron chi connectivity index (χ0n) is 22.3. The highest BCUT2D eigenvalue weighted by molar-refractivity contribution is 6.30. The lowest BCUT2D eigenvalue weighted by atomic mass is 9.95. The lowest BCUT2D eigenvalue weighted by Gasteiger charge is -2.28. The zero-order valence-corrected chi connectivity index (χ0v) is 23.0. The van der Waals surface area contributed by atoms with Crippen molar-refractivity contribution in [3.05, 3.63) is 118 Å². The highest BCUT2D eigenvalue weighted by atomic mass is 35.5. The number of anilines is 1. The highest BCUT2D eigenvalue weighted by Gasteiger charge is 2.46. The number of hydrogen-bond acceptors (Lipinski definition) is 5. The molecule has 3 N–H and O–H groups in total. The van der Waals surface area contributed by atoms with Crippen LogP contribution in [0.3, 0.4) is 0 Å². The summed E-state index contributed by atoms with van der Waals surface area (Å²) in [7, 11) is 0. The average molecular weight is 555 g/mol. The van der Waals surface area contributed by atoms with E-state index in [0.29, 0.717) is 35.9 Å². The third-order valence-corrected chi connectivity index (χ3v) is 7.31. The molecule has 0 aliphatic heterocycles. The number of halogens is 1. The van der Waals surface area contributed by atoms with Crippen LogP contribution >= 0.6 is 11.6 Å². The van der Waals surface area contributed by atoms with Crippen molar-refractivity contribution >= 4 is 29.2 Å². The summed E-state index contributed by atoms with van der Waals surface area (Å²) < 4.78 is 11.3. The molecule has 6 nitrogen and oxygen atoms in total. The van der Waals surface area contributed by atoms with Crippen molar-refractivity contribution in [1.29, 1.82) is 0 Å². The number of fused-ring (bicyclic) bond motifs is 1. The van der Waals surface area contributed by atoms with Crippen molar-refractivity contribution < 1.29 is 19.1 Å². The van der Waals surface area contributed by atoms with Gasteiger partial charge in [0.25, 0.3) is 0 Å². The Morgan fingerprint density at radius 2 is 1.60 bits per heavy atom. The number of ether oxygens (including phenoxy) is 2. The fraction of sp³-hybridized carbons (Fsp3) is 0.212. The SMILES string of the molecule is CCOC(=O)C1(NC(=O)Cc2ccc(OCc3cccc(N)c3)cc2)Cc2ccc(-c3ccc(Cl)cc3)cc2C1. The topological polar surface area (TPSA) is 90.6 Å². The van der Waals surface area contributed by atoms with Gasteiger partial charge in [0.15, 0.2) is 0 Å². The first-order valence-corrected chi connectivity index (χ1v) is 13.6. The summed E-state index contributed by atoms with van der Waals surface area (Å²) in [5, 5.41) is 3.71. The molecular weight excluding hydrogens is 524 g/mol. The maximum absolute atomic E-state index is 13.2. The molecule has 1 atom stereocenters. The normalized spacial score (nSPS) is 15.8. The smallest absolute Gasteiger partial charge is 0.332 e. The van der Waals surface area contributed by atoms with E-state index in [9.17, 15) is 9.59 Å². The molecule has 0 aromatic heterocycles. The van der Waals surface area contributed by atoms with Gasteiger partial charge in [-0.05, 0) is 76.7 Å². The molecule has 0 heterocycles. The van der Waals surface area contributed by atoms with Crippen LogP contribution in [-0.4, -0.2) is 24.0 Å². The number of benzene rings is 4. The van der Waals surface area contributed by atoms with Crippen LogP contribution in [0.5, 0.6) is 5.75 Å². The van der Waals surface area contributed by atoms with Crippen molar-refractivity contribution in [2.24, 2.45) is 0 Å². The second kappa shape index (κ2) is 11.8. The molecule has 0 bridgehead atoms. The third kappa shape index (κ3) is 6.29. The first-order chi connectivity index (χ1) is 19.3. The van der Waals surface area contributed by atoms with Gasteiger partial charge in [-0.2, -0.15) is 0 Å². The molecule has 4 aromatic rings. The van der Waals surface area contributed by atoms with Crippen LogP contribution in [0.2, 0.25) is 5.02 Å². The Morgan fingerprint density at radius 1 is 0.875 bits per heavy atom. The Kier molecular flexibility index (Phi) is 8.08. The van der Waals surface area contributed by atoms with Crippen molar-refractivity contribution in [1.82, 2.24) is 5.32 Å². The van der Waals surface area contributed by atoms with Crippen LogP contribution in [0.25, 0.3) is 11.1 Å². The number of nitrogens with one attached hydrogen (secondary N) is 1. The lowest BCUT2D eigenvalue weighted by Crippen LogP contribution is -2.56. The largest absolute Gasteiger partial charge is 0.489 e. The predicted molar refractivity (Wildman–Crippen MR) is 157 cm³/mol. The van der Waals surface area contributed by atoms with Gasteiger partial charge in [-0.15, -0.1) is 0 Å². The van der Waals surface area contributed by atoms with E-state index in [-0.39, 0.29) is 18.9 Å². The molecule has 0 fully saturated rings. The van der Waals surface area contributed by atoms with Gasteiger partial charge in [0, 0.05) is 23.6 Å². The van der Waals surface area contributed by atoms with Crippen LogP contribution in [-0.2, 0) is 40.2 Å². The third-order valence-electron chi connectivity index (χ3n) is 7.06. The number of esters is 1. The lowest BCUT2D eigenvalue weighted by molar-refractivity contribution is -0.153. The number of carbonyl (C=O) groups is 2. The Hall–Kier alpha value is -4.29. The van der Waals surface area contributed by atoms with E-state index in [1.165, 1.54) is 0 Å². The zero-order chi connectivity index (χ0) is 28.1. The number of nitrogens with two attached hydrogens (primary N) is 1. The standard InChI is InChI=1S/C33H31ClN2O4/c1-2-39-32(38)33(19-26-9-8-25(18-27(26)20-33)24-10-12-28(34)13-11-24)36-31(37)17-22-6-14-30(15-7-22)40-21-23-4-3-5-29(35)16-23/h3-16,18H,2,17,19-21,35H2,1H3,(H,36,37). The summed E-state index contributed by atoms with van der Waals surface area (Å²) in [4.78, 5) is 26.4. The van der Waals surface area contributed by atoms with E-state index >= 15 is 0 Å². The van der Waals surface area contributed by atoms with Gasteiger partial charge in [0.1, 0.15) is 17.9 Å².